The molecule has 8 heteroatoms. The van der Waals surface area contributed by atoms with Crippen LogP contribution in [0.15, 0.2) is 23.3 Å². The summed E-state index contributed by atoms with van der Waals surface area (Å²) in [6.45, 7) is 0. The molecule has 19 heavy (non-hydrogen) atoms. The first-order valence-corrected chi connectivity index (χ1v) is 7.56. The number of rotatable bonds is 3. The Hall–Kier alpha value is -0.160. The van der Waals surface area contributed by atoms with E-state index in [1.165, 1.54) is 17.6 Å². The zero-order valence-electron chi connectivity index (χ0n) is 9.05. The largest absolute Gasteiger partial charge is 0.275 e. The van der Waals surface area contributed by atoms with E-state index in [0.29, 0.717) is 35.0 Å². The van der Waals surface area contributed by atoms with E-state index < -0.39 is 0 Å². The molecule has 0 aliphatic carbocycles. The Labute approximate surface area is 138 Å². The average molecular weight is 375 g/mol. The molecule has 2 rings (SSSR count). The zero-order valence-corrected chi connectivity index (χ0v) is 13.7. The molecule has 100 valence electrons. The highest BCUT2D eigenvalue weighted by molar-refractivity contribution is 7.20. The molecule has 0 amide bonds. The Morgan fingerprint density at radius 1 is 1.00 bits per heavy atom. The van der Waals surface area contributed by atoms with Crippen molar-refractivity contribution < 1.29 is 0 Å². The molecular weight excluding hydrogens is 369 g/mol. The number of thiophene rings is 1. The van der Waals surface area contributed by atoms with Crippen LogP contribution >= 0.6 is 69.3 Å². The number of benzene rings is 1. The third-order valence-electron chi connectivity index (χ3n) is 2.07. The Morgan fingerprint density at radius 3 is 2.16 bits per heavy atom. The van der Waals surface area contributed by atoms with Gasteiger partial charge in [0.15, 0.2) is 0 Å². The Balaban J connectivity index is 2.17. The predicted molar refractivity (Wildman–Crippen MR) is 87.0 cm³/mol. The lowest BCUT2D eigenvalue weighted by Crippen LogP contribution is -1.92. The molecule has 0 aliphatic heterocycles. The number of hydrazone groups is 1. The van der Waals surface area contributed by atoms with Crippen molar-refractivity contribution in [2.45, 2.75) is 0 Å². The number of hydrogen-bond acceptors (Lipinski definition) is 3. The van der Waals surface area contributed by atoms with Crippen LogP contribution in [-0.2, 0) is 0 Å². The topological polar surface area (TPSA) is 24.4 Å². The van der Waals surface area contributed by atoms with Crippen LogP contribution in [0.3, 0.4) is 0 Å². The van der Waals surface area contributed by atoms with E-state index >= 15 is 0 Å². The molecule has 0 saturated carbocycles. The molecule has 0 saturated heterocycles. The normalized spacial score (nSPS) is 11.2. The second-order valence-corrected chi connectivity index (χ2v) is 6.93. The first kappa shape index (κ1) is 15.2. The van der Waals surface area contributed by atoms with Gasteiger partial charge in [-0.3, -0.25) is 5.43 Å². The molecular formula is C11H5Cl5N2S. The fourth-order valence-corrected chi connectivity index (χ4v) is 3.56. The van der Waals surface area contributed by atoms with E-state index in [0.717, 1.165) is 0 Å². The van der Waals surface area contributed by atoms with Gasteiger partial charge in [-0.25, -0.2) is 0 Å². The zero-order chi connectivity index (χ0) is 14.0. The van der Waals surface area contributed by atoms with Crippen molar-refractivity contribution in [3.63, 3.8) is 0 Å². The summed E-state index contributed by atoms with van der Waals surface area (Å²) in [6, 6.07) is 4.85. The Morgan fingerprint density at radius 2 is 1.63 bits per heavy atom. The van der Waals surface area contributed by atoms with E-state index in [9.17, 15) is 0 Å². The van der Waals surface area contributed by atoms with E-state index in [1.807, 2.05) is 0 Å². The minimum atomic E-state index is 0.379. The third kappa shape index (κ3) is 3.91. The van der Waals surface area contributed by atoms with Gasteiger partial charge in [0.05, 0.1) is 26.3 Å². The van der Waals surface area contributed by atoms with Crippen molar-refractivity contribution in [1.82, 2.24) is 0 Å². The molecule has 2 nitrogen and oxygen atoms in total. The molecule has 0 radical (unpaired) electrons. The maximum atomic E-state index is 6.00. The molecule has 0 bridgehead atoms. The summed E-state index contributed by atoms with van der Waals surface area (Å²) in [4.78, 5) is 0. The first-order chi connectivity index (χ1) is 8.97. The molecule has 0 spiro atoms. The molecule has 2 aromatic rings. The highest BCUT2D eigenvalue weighted by atomic mass is 35.5. The average Bonchev–Trinajstić information content (AvgIpc) is 2.61. The number of nitrogens with one attached hydrogen (secondary N) is 1. The van der Waals surface area contributed by atoms with Crippen LogP contribution in [-0.4, -0.2) is 6.21 Å². The number of hydrogen-bond donors (Lipinski definition) is 1. The minimum Gasteiger partial charge on any atom is -0.275 e. The summed E-state index contributed by atoms with van der Waals surface area (Å²) < 4.78 is 1.15. The summed E-state index contributed by atoms with van der Waals surface area (Å²) in [5.74, 6) is 0. The van der Waals surface area contributed by atoms with Gasteiger partial charge in [0.1, 0.15) is 4.34 Å². The standard InChI is InChI=1S/C11H5Cl5N2S/c12-6-2-7(13)10(8(14)3-6)18-17-4-5-1-9(15)19-11(5)16/h1-4,18H/b17-4+. The van der Waals surface area contributed by atoms with Gasteiger partial charge in [-0.1, -0.05) is 58.0 Å². The van der Waals surface area contributed by atoms with Gasteiger partial charge in [-0.05, 0) is 18.2 Å². The maximum Gasteiger partial charge on any atom is 0.103 e. The van der Waals surface area contributed by atoms with Crippen molar-refractivity contribution in [2.75, 3.05) is 5.43 Å². The first-order valence-electron chi connectivity index (χ1n) is 4.86. The monoisotopic (exact) mass is 372 g/mol. The van der Waals surface area contributed by atoms with Crippen LogP contribution in [0.25, 0.3) is 0 Å². The molecule has 1 aromatic heterocycles. The predicted octanol–water partition coefficient (Wildman–Crippen LogP) is 6.46. The molecule has 1 heterocycles. The fraction of sp³-hybridized carbons (Fsp3) is 0. The van der Waals surface area contributed by atoms with Gasteiger partial charge in [0, 0.05) is 10.6 Å². The van der Waals surface area contributed by atoms with E-state index in [-0.39, 0.29) is 0 Å². The molecule has 0 atom stereocenters. The van der Waals surface area contributed by atoms with Gasteiger partial charge < -0.3 is 0 Å². The van der Waals surface area contributed by atoms with Crippen molar-refractivity contribution >= 4 is 81.2 Å². The second-order valence-electron chi connectivity index (χ2n) is 3.39. The quantitative estimate of drug-likeness (QED) is 0.484. The van der Waals surface area contributed by atoms with Crippen LogP contribution in [0, 0.1) is 0 Å². The van der Waals surface area contributed by atoms with Crippen LogP contribution < -0.4 is 5.43 Å². The van der Waals surface area contributed by atoms with Gasteiger partial charge >= 0.3 is 0 Å². The van der Waals surface area contributed by atoms with Crippen molar-refractivity contribution in [3.8, 4) is 0 Å². The highest BCUT2D eigenvalue weighted by Crippen LogP contribution is 2.34. The lowest BCUT2D eigenvalue weighted by molar-refractivity contribution is 1.35. The highest BCUT2D eigenvalue weighted by Gasteiger charge is 2.07. The van der Waals surface area contributed by atoms with Gasteiger partial charge in [0.2, 0.25) is 0 Å². The molecule has 1 N–H and O–H groups in total. The minimum absolute atomic E-state index is 0.379. The number of halogens is 5. The Bertz CT molecular complexity index is 615. The number of nitrogens with zero attached hydrogens (tertiary/aromatic N) is 1. The lowest BCUT2D eigenvalue weighted by Gasteiger charge is -2.06. The smallest absolute Gasteiger partial charge is 0.103 e. The maximum absolute atomic E-state index is 6.00. The van der Waals surface area contributed by atoms with Crippen LogP contribution in [0.2, 0.25) is 23.7 Å². The summed E-state index contributed by atoms with van der Waals surface area (Å²) in [5, 5.41) is 5.23. The van der Waals surface area contributed by atoms with E-state index in [1.54, 1.807) is 18.2 Å². The third-order valence-corrected chi connectivity index (χ3v) is 4.40. The molecule has 1 aromatic carbocycles. The lowest BCUT2D eigenvalue weighted by atomic mass is 10.3. The number of anilines is 1. The van der Waals surface area contributed by atoms with Gasteiger partial charge in [0.25, 0.3) is 0 Å². The van der Waals surface area contributed by atoms with Crippen molar-refractivity contribution in [1.29, 1.82) is 0 Å². The SMILES string of the molecule is Clc1cc(Cl)c(N/N=C/c2cc(Cl)sc2Cl)c(Cl)c1. The van der Waals surface area contributed by atoms with Crippen LogP contribution in [0.5, 0.6) is 0 Å². The van der Waals surface area contributed by atoms with Crippen molar-refractivity contribution in [2.24, 2.45) is 5.10 Å². The van der Waals surface area contributed by atoms with Crippen LogP contribution in [0.1, 0.15) is 5.56 Å². The Kier molecular flexibility index (Phi) is 5.23. The van der Waals surface area contributed by atoms with Crippen molar-refractivity contribution in [3.05, 3.63) is 47.5 Å². The summed E-state index contributed by atoms with van der Waals surface area (Å²) in [5.41, 5.74) is 3.93. The summed E-state index contributed by atoms with van der Waals surface area (Å²) >= 11 is 30.9. The molecule has 0 fully saturated rings. The molecule has 0 unspecified atom stereocenters. The fourth-order valence-electron chi connectivity index (χ4n) is 1.26. The molecule has 0 aliphatic rings. The van der Waals surface area contributed by atoms with Gasteiger partial charge in [-0.15, -0.1) is 11.3 Å². The second kappa shape index (κ2) is 6.53. The van der Waals surface area contributed by atoms with Crippen LogP contribution in [0.4, 0.5) is 5.69 Å². The van der Waals surface area contributed by atoms with Gasteiger partial charge in [-0.2, -0.15) is 5.10 Å². The van der Waals surface area contributed by atoms with E-state index in [4.69, 9.17) is 58.0 Å². The summed E-state index contributed by atoms with van der Waals surface area (Å²) in [7, 11) is 0. The summed E-state index contributed by atoms with van der Waals surface area (Å²) in [6.07, 6.45) is 1.53. The van der Waals surface area contributed by atoms with E-state index in [2.05, 4.69) is 10.5 Å².